The molecule has 0 nitrogen and oxygen atoms in total. The van der Waals surface area contributed by atoms with Gasteiger partial charge in [0.2, 0.25) is 0 Å². The van der Waals surface area contributed by atoms with E-state index in [4.69, 9.17) is 0 Å². The summed E-state index contributed by atoms with van der Waals surface area (Å²) in [7, 11) is 0. The fraction of sp³-hybridized carbons (Fsp3) is 0.0400. The van der Waals surface area contributed by atoms with Crippen LogP contribution in [-0.4, -0.2) is 6.15 Å². The van der Waals surface area contributed by atoms with E-state index in [1.54, 1.807) is 36.4 Å². The van der Waals surface area contributed by atoms with Crippen molar-refractivity contribution in [3.63, 3.8) is 0 Å². The van der Waals surface area contributed by atoms with E-state index >= 15 is 0 Å². The average molecular weight is 387 g/mol. The summed E-state index contributed by atoms with van der Waals surface area (Å²) in [5.41, 5.74) is 4.70. The first-order valence-electron chi connectivity index (χ1n) is 9.51. The SMILES string of the molecule is Cc1ccc([B-](c2ccc(F)cc2)(c2ccc(F)cc2)c2ccc(F)cc2)cc1. The molecule has 0 N–H and O–H groups in total. The average Bonchev–Trinajstić information content (AvgIpc) is 2.73. The summed E-state index contributed by atoms with van der Waals surface area (Å²) >= 11 is 0. The molecule has 0 unspecified atom stereocenters. The van der Waals surface area contributed by atoms with Gasteiger partial charge in [-0.05, 0) is 43.3 Å². The third-order valence-corrected chi connectivity index (χ3v) is 5.69. The van der Waals surface area contributed by atoms with Crippen LogP contribution in [0, 0.1) is 24.4 Å². The highest BCUT2D eigenvalue weighted by atomic mass is 19.1. The van der Waals surface area contributed by atoms with E-state index < -0.39 is 6.15 Å². The van der Waals surface area contributed by atoms with Crippen LogP contribution >= 0.6 is 0 Å². The second kappa shape index (κ2) is 7.63. The van der Waals surface area contributed by atoms with Crippen LogP contribution in [0.4, 0.5) is 13.2 Å². The molecule has 0 radical (unpaired) electrons. The van der Waals surface area contributed by atoms with E-state index in [1.807, 2.05) is 31.2 Å². The largest absolute Gasteiger partial charge is 0.207 e. The predicted molar refractivity (Wildman–Crippen MR) is 115 cm³/mol. The topological polar surface area (TPSA) is 0 Å². The third kappa shape index (κ3) is 3.47. The Morgan fingerprint density at radius 1 is 0.414 bits per heavy atom. The molecule has 0 amide bonds. The monoisotopic (exact) mass is 387 g/mol. The fourth-order valence-electron chi connectivity index (χ4n) is 4.26. The molecule has 0 aromatic heterocycles. The van der Waals surface area contributed by atoms with E-state index in [9.17, 15) is 13.2 Å². The molecule has 4 aromatic carbocycles. The first-order valence-corrected chi connectivity index (χ1v) is 9.51. The Balaban J connectivity index is 2.11. The van der Waals surface area contributed by atoms with E-state index in [0.717, 1.165) is 27.4 Å². The van der Waals surface area contributed by atoms with Crippen molar-refractivity contribution in [3.8, 4) is 0 Å². The number of hydrogen-bond acceptors (Lipinski definition) is 0. The molecule has 0 bridgehead atoms. The molecular formula is C25H19BF3-. The molecule has 144 valence electrons. The summed E-state index contributed by atoms with van der Waals surface area (Å²) in [6, 6.07) is 27.2. The normalized spacial score (nSPS) is 11.4. The number of hydrogen-bond donors (Lipinski definition) is 0. The van der Waals surface area contributed by atoms with Crippen LogP contribution in [-0.2, 0) is 0 Å². The van der Waals surface area contributed by atoms with Crippen molar-refractivity contribution in [3.05, 3.63) is 120 Å². The molecule has 4 heteroatoms. The van der Waals surface area contributed by atoms with Gasteiger partial charge in [-0.3, -0.25) is 0 Å². The van der Waals surface area contributed by atoms with Crippen LogP contribution in [0.15, 0.2) is 97.1 Å². The van der Waals surface area contributed by atoms with E-state index in [1.165, 1.54) is 36.4 Å². The van der Waals surface area contributed by atoms with Crippen molar-refractivity contribution in [2.75, 3.05) is 0 Å². The zero-order valence-corrected chi connectivity index (χ0v) is 15.9. The lowest BCUT2D eigenvalue weighted by Crippen LogP contribution is -2.74. The smallest absolute Gasteiger partial charge is 0.122 e. The van der Waals surface area contributed by atoms with E-state index in [-0.39, 0.29) is 17.5 Å². The van der Waals surface area contributed by atoms with Gasteiger partial charge in [0.1, 0.15) is 23.6 Å². The Kier molecular flexibility index (Phi) is 5.02. The molecule has 0 saturated heterocycles. The lowest BCUT2D eigenvalue weighted by molar-refractivity contribution is 0.628. The highest BCUT2D eigenvalue weighted by Crippen LogP contribution is 2.12. The minimum Gasteiger partial charge on any atom is -0.207 e. The van der Waals surface area contributed by atoms with E-state index in [0.29, 0.717) is 0 Å². The maximum Gasteiger partial charge on any atom is 0.122 e. The summed E-state index contributed by atoms with van der Waals surface area (Å²) in [6.07, 6.45) is -1.77. The Morgan fingerprint density at radius 2 is 0.655 bits per heavy atom. The van der Waals surface area contributed by atoms with Crippen LogP contribution < -0.4 is 21.9 Å². The molecule has 29 heavy (non-hydrogen) atoms. The third-order valence-electron chi connectivity index (χ3n) is 5.69. The molecule has 0 saturated carbocycles. The van der Waals surface area contributed by atoms with Gasteiger partial charge in [0.25, 0.3) is 0 Å². The van der Waals surface area contributed by atoms with Crippen LogP contribution in [0.5, 0.6) is 0 Å². The predicted octanol–water partition coefficient (Wildman–Crippen LogP) is 3.79. The van der Waals surface area contributed by atoms with Gasteiger partial charge >= 0.3 is 0 Å². The fourth-order valence-corrected chi connectivity index (χ4v) is 4.26. The molecule has 0 aliphatic carbocycles. The highest BCUT2D eigenvalue weighted by molar-refractivity contribution is 7.19. The lowest BCUT2D eigenvalue weighted by Gasteiger charge is -2.44. The number of halogens is 3. The van der Waals surface area contributed by atoms with Gasteiger partial charge in [-0.25, -0.2) is 13.2 Å². The number of benzene rings is 4. The van der Waals surface area contributed by atoms with Crippen molar-refractivity contribution in [2.45, 2.75) is 6.92 Å². The molecule has 4 aromatic rings. The molecule has 4 rings (SSSR count). The van der Waals surface area contributed by atoms with Crippen molar-refractivity contribution in [2.24, 2.45) is 0 Å². The summed E-state index contributed by atoms with van der Waals surface area (Å²) in [6.45, 7) is 2.01. The minimum atomic E-state index is -1.77. The summed E-state index contributed by atoms with van der Waals surface area (Å²) in [5.74, 6) is -0.998. The first kappa shape index (κ1) is 19.1. The van der Waals surface area contributed by atoms with Crippen molar-refractivity contribution < 1.29 is 13.2 Å². The lowest BCUT2D eigenvalue weighted by atomic mass is 9.13. The van der Waals surface area contributed by atoms with Gasteiger partial charge in [0, 0.05) is 0 Å². The Labute approximate surface area is 168 Å². The zero-order chi connectivity index (χ0) is 20.4. The van der Waals surface area contributed by atoms with E-state index in [2.05, 4.69) is 0 Å². The summed E-state index contributed by atoms with van der Waals surface area (Å²) in [4.78, 5) is 0. The van der Waals surface area contributed by atoms with Crippen molar-refractivity contribution in [1.29, 1.82) is 0 Å². The molecular weight excluding hydrogens is 368 g/mol. The number of rotatable bonds is 4. The van der Waals surface area contributed by atoms with Gasteiger partial charge in [-0.2, -0.15) is 21.9 Å². The maximum atomic E-state index is 13.7. The van der Waals surface area contributed by atoms with Crippen molar-refractivity contribution in [1.82, 2.24) is 0 Å². The molecule has 0 fully saturated rings. The van der Waals surface area contributed by atoms with Gasteiger partial charge in [0.15, 0.2) is 0 Å². The van der Waals surface area contributed by atoms with Gasteiger partial charge in [0.05, 0.1) is 0 Å². The van der Waals surface area contributed by atoms with Gasteiger partial charge in [-0.1, -0.05) is 66.2 Å². The molecule has 0 spiro atoms. The van der Waals surface area contributed by atoms with Crippen LogP contribution in [0.3, 0.4) is 0 Å². The first-order chi connectivity index (χ1) is 14.0. The van der Waals surface area contributed by atoms with Crippen LogP contribution in [0.2, 0.25) is 0 Å². The Morgan fingerprint density at radius 3 is 0.931 bits per heavy atom. The molecule has 0 heterocycles. The van der Waals surface area contributed by atoms with Crippen molar-refractivity contribution >= 4 is 28.0 Å². The Hall–Kier alpha value is -3.27. The highest BCUT2D eigenvalue weighted by Gasteiger charge is 2.31. The zero-order valence-electron chi connectivity index (χ0n) is 15.9. The molecule has 0 atom stereocenters. The van der Waals surface area contributed by atoms with Gasteiger partial charge in [-0.15, -0.1) is 0 Å². The van der Waals surface area contributed by atoms with Crippen LogP contribution in [0.25, 0.3) is 0 Å². The molecule has 0 aliphatic heterocycles. The second-order valence-corrected chi connectivity index (χ2v) is 7.43. The molecule has 0 aliphatic rings. The minimum absolute atomic E-state index is 0.333. The summed E-state index contributed by atoms with van der Waals surface area (Å²) in [5, 5.41) is 0. The maximum absolute atomic E-state index is 13.7. The number of aryl methyl sites for hydroxylation is 1. The standard InChI is InChI=1S/C25H19BF3/c1-18-2-4-19(5-3-18)26(20-6-12-23(27)13-7-20,21-8-14-24(28)15-9-21)22-10-16-25(29)17-11-22/h2-17H,1H3/q-1. The Bertz CT molecular complexity index is 913. The second-order valence-electron chi connectivity index (χ2n) is 7.43. The summed E-state index contributed by atoms with van der Waals surface area (Å²) < 4.78 is 41.2. The van der Waals surface area contributed by atoms with Crippen LogP contribution in [0.1, 0.15) is 5.56 Å². The quantitative estimate of drug-likeness (QED) is 0.468. The van der Waals surface area contributed by atoms with Gasteiger partial charge < -0.3 is 0 Å².